The van der Waals surface area contributed by atoms with E-state index in [2.05, 4.69) is 4.72 Å². The molecule has 4 N–H and O–H groups in total. The van der Waals surface area contributed by atoms with Crippen molar-refractivity contribution in [3.05, 3.63) is 23.8 Å². The maximum absolute atomic E-state index is 12.0. The van der Waals surface area contributed by atoms with Crippen molar-refractivity contribution in [2.45, 2.75) is 24.7 Å². The van der Waals surface area contributed by atoms with Crippen molar-refractivity contribution >= 4 is 15.7 Å². The SMILES string of the molecule is CCc1ccc(S(=O)(=O)NCCCOCCO)cc1N. The van der Waals surface area contributed by atoms with Gasteiger partial charge in [0.15, 0.2) is 0 Å². The minimum Gasteiger partial charge on any atom is -0.398 e. The van der Waals surface area contributed by atoms with E-state index < -0.39 is 10.0 Å². The van der Waals surface area contributed by atoms with Gasteiger partial charge in [-0.3, -0.25) is 0 Å². The highest BCUT2D eigenvalue weighted by molar-refractivity contribution is 7.89. The van der Waals surface area contributed by atoms with Gasteiger partial charge in [-0.05, 0) is 30.5 Å². The van der Waals surface area contributed by atoms with E-state index >= 15 is 0 Å². The third-order valence-electron chi connectivity index (χ3n) is 2.80. The number of aliphatic hydroxyl groups is 1. The van der Waals surface area contributed by atoms with E-state index in [9.17, 15) is 8.42 Å². The first kappa shape index (κ1) is 16.9. The normalized spacial score (nSPS) is 11.7. The van der Waals surface area contributed by atoms with Gasteiger partial charge in [0.1, 0.15) is 0 Å². The Labute approximate surface area is 120 Å². The largest absolute Gasteiger partial charge is 0.398 e. The van der Waals surface area contributed by atoms with Crippen molar-refractivity contribution in [2.75, 3.05) is 32.1 Å². The molecule has 1 aromatic rings. The minimum absolute atomic E-state index is 0.0330. The lowest BCUT2D eigenvalue weighted by molar-refractivity contribution is 0.0913. The van der Waals surface area contributed by atoms with Gasteiger partial charge < -0.3 is 15.6 Å². The van der Waals surface area contributed by atoms with Gasteiger partial charge in [-0.2, -0.15) is 0 Å². The van der Waals surface area contributed by atoms with Crippen molar-refractivity contribution < 1.29 is 18.3 Å². The molecule has 0 saturated heterocycles. The average molecular weight is 302 g/mol. The lowest BCUT2D eigenvalue weighted by atomic mass is 10.1. The molecule has 0 amide bonds. The molecule has 0 aromatic heterocycles. The molecular formula is C13H22N2O4S. The Morgan fingerprint density at radius 1 is 1.35 bits per heavy atom. The van der Waals surface area contributed by atoms with Crippen molar-refractivity contribution in [3.8, 4) is 0 Å². The van der Waals surface area contributed by atoms with Gasteiger partial charge in [0.2, 0.25) is 10.0 Å². The summed E-state index contributed by atoms with van der Waals surface area (Å²) in [5.41, 5.74) is 7.22. The molecule has 0 heterocycles. The summed E-state index contributed by atoms with van der Waals surface area (Å²) in [4.78, 5) is 0.170. The van der Waals surface area contributed by atoms with Crippen LogP contribution in [0.3, 0.4) is 0 Å². The van der Waals surface area contributed by atoms with Crippen LogP contribution in [0, 0.1) is 0 Å². The van der Waals surface area contributed by atoms with Gasteiger partial charge >= 0.3 is 0 Å². The summed E-state index contributed by atoms with van der Waals surface area (Å²) in [6, 6.07) is 4.76. The molecule has 0 saturated carbocycles. The quantitative estimate of drug-likeness (QED) is 0.456. The zero-order chi connectivity index (χ0) is 15.0. The van der Waals surface area contributed by atoms with Crippen LogP contribution in [-0.2, 0) is 21.2 Å². The number of hydrogen-bond acceptors (Lipinski definition) is 5. The van der Waals surface area contributed by atoms with Gasteiger partial charge in [-0.25, -0.2) is 13.1 Å². The summed E-state index contributed by atoms with van der Waals surface area (Å²) in [6.45, 7) is 2.88. The van der Waals surface area contributed by atoms with Gasteiger partial charge in [-0.1, -0.05) is 13.0 Å². The predicted octanol–water partition coefficient (Wildman–Crippen LogP) is 0.508. The number of ether oxygens (including phenoxy) is 1. The molecule has 7 heteroatoms. The highest BCUT2D eigenvalue weighted by atomic mass is 32.2. The van der Waals surface area contributed by atoms with Crippen LogP contribution >= 0.6 is 0 Å². The molecule has 0 unspecified atom stereocenters. The Morgan fingerprint density at radius 2 is 2.10 bits per heavy atom. The number of sulfonamides is 1. The van der Waals surface area contributed by atoms with Crippen LogP contribution in [0.25, 0.3) is 0 Å². The number of anilines is 1. The molecule has 0 bridgehead atoms. The number of benzene rings is 1. The second kappa shape index (κ2) is 8.21. The number of aryl methyl sites for hydroxylation is 1. The number of nitrogens with one attached hydrogen (secondary N) is 1. The fraction of sp³-hybridized carbons (Fsp3) is 0.538. The topological polar surface area (TPSA) is 102 Å². The van der Waals surface area contributed by atoms with Crippen molar-refractivity contribution in [1.29, 1.82) is 0 Å². The molecular weight excluding hydrogens is 280 g/mol. The number of nitrogens with two attached hydrogens (primary N) is 1. The van der Waals surface area contributed by atoms with Crippen molar-refractivity contribution in [3.63, 3.8) is 0 Å². The summed E-state index contributed by atoms with van der Waals surface area (Å²) in [6.07, 6.45) is 1.31. The van der Waals surface area contributed by atoms with Crippen LogP contribution in [0.1, 0.15) is 18.9 Å². The summed E-state index contributed by atoms with van der Waals surface area (Å²) in [5.74, 6) is 0. The summed E-state index contributed by atoms with van der Waals surface area (Å²) < 4.78 is 31.6. The molecule has 1 rings (SSSR count). The van der Waals surface area contributed by atoms with Gasteiger partial charge in [0, 0.05) is 18.8 Å². The average Bonchev–Trinajstić information content (AvgIpc) is 2.42. The Balaban J connectivity index is 2.54. The Hall–Kier alpha value is -1.15. The Bertz CT molecular complexity index is 517. The fourth-order valence-corrected chi connectivity index (χ4v) is 2.80. The number of nitrogen functional groups attached to an aromatic ring is 1. The Morgan fingerprint density at radius 3 is 2.70 bits per heavy atom. The second-order valence-electron chi connectivity index (χ2n) is 4.30. The molecule has 0 radical (unpaired) electrons. The van der Waals surface area contributed by atoms with Crippen LogP contribution in [0.2, 0.25) is 0 Å². The molecule has 0 fully saturated rings. The predicted molar refractivity (Wildman–Crippen MR) is 77.9 cm³/mol. The van der Waals surface area contributed by atoms with E-state index in [0.717, 1.165) is 12.0 Å². The molecule has 0 aliphatic heterocycles. The minimum atomic E-state index is -3.54. The fourth-order valence-electron chi connectivity index (χ4n) is 1.69. The standard InChI is InChI=1S/C13H22N2O4S/c1-2-11-4-5-12(10-13(11)14)20(17,18)15-6-3-8-19-9-7-16/h4-5,10,15-16H,2-3,6-9,14H2,1H3. The smallest absolute Gasteiger partial charge is 0.240 e. The van der Waals surface area contributed by atoms with Crippen LogP contribution in [0.4, 0.5) is 5.69 Å². The van der Waals surface area contributed by atoms with Crippen LogP contribution in [0.5, 0.6) is 0 Å². The molecule has 0 spiro atoms. The zero-order valence-electron chi connectivity index (χ0n) is 11.6. The third-order valence-corrected chi connectivity index (χ3v) is 4.26. The van der Waals surface area contributed by atoms with E-state index in [-0.39, 0.29) is 24.7 Å². The third kappa shape index (κ3) is 5.09. The zero-order valence-corrected chi connectivity index (χ0v) is 12.4. The van der Waals surface area contributed by atoms with E-state index in [1.54, 1.807) is 12.1 Å². The highest BCUT2D eigenvalue weighted by Crippen LogP contribution is 2.18. The number of rotatable bonds is 9. The number of hydrogen-bond donors (Lipinski definition) is 3. The van der Waals surface area contributed by atoms with E-state index in [1.807, 2.05) is 6.92 Å². The van der Waals surface area contributed by atoms with E-state index in [1.165, 1.54) is 6.07 Å². The van der Waals surface area contributed by atoms with Gasteiger partial charge in [0.05, 0.1) is 18.1 Å². The first-order valence-electron chi connectivity index (χ1n) is 6.58. The summed E-state index contributed by atoms with van der Waals surface area (Å²) >= 11 is 0. The molecule has 0 atom stereocenters. The van der Waals surface area contributed by atoms with Crippen molar-refractivity contribution in [2.24, 2.45) is 0 Å². The molecule has 0 aliphatic rings. The maximum atomic E-state index is 12.0. The summed E-state index contributed by atoms with van der Waals surface area (Å²) in [7, 11) is -3.54. The van der Waals surface area contributed by atoms with Crippen molar-refractivity contribution in [1.82, 2.24) is 4.72 Å². The lowest BCUT2D eigenvalue weighted by Gasteiger charge is -2.09. The monoisotopic (exact) mass is 302 g/mol. The van der Waals surface area contributed by atoms with Gasteiger partial charge in [0.25, 0.3) is 0 Å². The first-order chi connectivity index (χ1) is 9.51. The Kier molecular flexibility index (Phi) is 6.94. The summed E-state index contributed by atoms with van der Waals surface area (Å²) in [5, 5.41) is 8.52. The lowest BCUT2D eigenvalue weighted by Crippen LogP contribution is -2.25. The first-order valence-corrected chi connectivity index (χ1v) is 8.06. The molecule has 0 aliphatic carbocycles. The van der Waals surface area contributed by atoms with E-state index in [0.29, 0.717) is 18.7 Å². The van der Waals surface area contributed by atoms with Crippen LogP contribution in [-0.4, -0.2) is 39.9 Å². The number of aliphatic hydroxyl groups excluding tert-OH is 1. The second-order valence-corrected chi connectivity index (χ2v) is 6.07. The maximum Gasteiger partial charge on any atom is 0.240 e. The van der Waals surface area contributed by atoms with Crippen LogP contribution in [0.15, 0.2) is 23.1 Å². The molecule has 6 nitrogen and oxygen atoms in total. The van der Waals surface area contributed by atoms with E-state index in [4.69, 9.17) is 15.6 Å². The molecule has 114 valence electrons. The van der Waals surface area contributed by atoms with Gasteiger partial charge in [-0.15, -0.1) is 0 Å². The molecule has 20 heavy (non-hydrogen) atoms. The van der Waals surface area contributed by atoms with Crippen LogP contribution < -0.4 is 10.5 Å². The molecule has 1 aromatic carbocycles. The highest BCUT2D eigenvalue weighted by Gasteiger charge is 2.14.